The van der Waals surface area contributed by atoms with Crippen molar-refractivity contribution < 1.29 is 4.79 Å². The fourth-order valence-electron chi connectivity index (χ4n) is 1.63. The zero-order valence-electron chi connectivity index (χ0n) is 7.34. The zero-order chi connectivity index (χ0) is 8.97. The lowest BCUT2D eigenvalue weighted by molar-refractivity contribution is -0.117. The minimum atomic E-state index is -0.0388. The number of nitrogens with zero attached hydrogens (tertiary/aromatic N) is 1. The second-order valence-corrected chi connectivity index (χ2v) is 3.38. The van der Waals surface area contributed by atoms with E-state index in [0.29, 0.717) is 6.42 Å². The highest BCUT2D eigenvalue weighted by atomic mass is 16.1. The molecule has 1 heterocycles. The first-order valence-corrected chi connectivity index (χ1v) is 4.37. The van der Waals surface area contributed by atoms with Crippen LogP contribution in [0.4, 0.5) is 0 Å². The van der Waals surface area contributed by atoms with E-state index in [1.807, 2.05) is 0 Å². The van der Waals surface area contributed by atoms with Crippen molar-refractivity contribution in [3.63, 3.8) is 0 Å². The molecule has 1 rings (SSSR count). The Kier molecular flexibility index (Phi) is 3.24. The summed E-state index contributed by atoms with van der Waals surface area (Å²) < 4.78 is 0. The van der Waals surface area contributed by atoms with Gasteiger partial charge in [-0.05, 0) is 26.2 Å². The molecule has 0 spiro atoms. The van der Waals surface area contributed by atoms with Crippen LogP contribution < -0.4 is 5.32 Å². The number of carbonyl (C=O) groups excluding carboxylic acids is 1. The van der Waals surface area contributed by atoms with Gasteiger partial charge in [-0.1, -0.05) is 0 Å². The van der Waals surface area contributed by atoms with Crippen LogP contribution in [0.3, 0.4) is 0 Å². The number of piperidine rings is 1. The smallest absolute Gasteiger partial charge is 0.131 e. The van der Waals surface area contributed by atoms with Gasteiger partial charge in [0.1, 0.15) is 5.78 Å². The molecule has 0 aromatic rings. The Morgan fingerprint density at radius 3 is 3.00 bits per heavy atom. The third-order valence-electron chi connectivity index (χ3n) is 2.17. The van der Waals surface area contributed by atoms with E-state index in [0.717, 1.165) is 19.3 Å². The molecule has 1 fully saturated rings. The van der Waals surface area contributed by atoms with Crippen molar-refractivity contribution in [2.45, 2.75) is 44.7 Å². The van der Waals surface area contributed by atoms with Gasteiger partial charge in [0.25, 0.3) is 0 Å². The normalized spacial score (nSPS) is 29.3. The molecule has 12 heavy (non-hydrogen) atoms. The number of rotatable bonds is 2. The molecular formula is C9H14N2O. The van der Waals surface area contributed by atoms with E-state index in [4.69, 9.17) is 5.26 Å². The maximum atomic E-state index is 10.8. The van der Waals surface area contributed by atoms with E-state index < -0.39 is 0 Å². The van der Waals surface area contributed by atoms with Crippen molar-refractivity contribution in [3.05, 3.63) is 0 Å². The Morgan fingerprint density at radius 1 is 1.67 bits per heavy atom. The summed E-state index contributed by atoms with van der Waals surface area (Å²) in [6.07, 6.45) is 3.57. The fraction of sp³-hybridized carbons (Fsp3) is 0.778. The molecule has 2 atom stereocenters. The van der Waals surface area contributed by atoms with Gasteiger partial charge in [0.05, 0.1) is 12.1 Å². The molecule has 1 N–H and O–H groups in total. The van der Waals surface area contributed by atoms with Gasteiger partial charge < -0.3 is 0 Å². The van der Waals surface area contributed by atoms with Crippen LogP contribution in [0.15, 0.2) is 0 Å². The van der Waals surface area contributed by atoms with Crippen molar-refractivity contribution in [1.29, 1.82) is 5.26 Å². The van der Waals surface area contributed by atoms with Crippen LogP contribution in [0.25, 0.3) is 0 Å². The Labute approximate surface area is 72.8 Å². The molecule has 0 saturated carbocycles. The van der Waals surface area contributed by atoms with Crippen LogP contribution in [-0.4, -0.2) is 17.9 Å². The van der Waals surface area contributed by atoms with Gasteiger partial charge in [-0.25, -0.2) is 0 Å². The second-order valence-electron chi connectivity index (χ2n) is 3.38. The van der Waals surface area contributed by atoms with Crippen LogP contribution in [0.1, 0.15) is 32.6 Å². The van der Waals surface area contributed by atoms with Gasteiger partial charge in [0.15, 0.2) is 0 Å². The van der Waals surface area contributed by atoms with Crippen molar-refractivity contribution in [2.24, 2.45) is 0 Å². The molecule has 1 aliphatic heterocycles. The summed E-state index contributed by atoms with van der Waals surface area (Å²) in [5.74, 6) is 0.200. The van der Waals surface area contributed by atoms with Gasteiger partial charge in [0.2, 0.25) is 0 Å². The third kappa shape index (κ3) is 2.63. The first-order chi connectivity index (χ1) is 5.72. The van der Waals surface area contributed by atoms with E-state index in [2.05, 4.69) is 11.4 Å². The molecule has 0 aromatic carbocycles. The lowest BCUT2D eigenvalue weighted by Gasteiger charge is -2.26. The van der Waals surface area contributed by atoms with Crippen LogP contribution in [-0.2, 0) is 4.79 Å². The van der Waals surface area contributed by atoms with E-state index in [-0.39, 0.29) is 17.9 Å². The van der Waals surface area contributed by atoms with E-state index in [9.17, 15) is 4.79 Å². The quantitative estimate of drug-likeness (QED) is 0.665. The highest BCUT2D eigenvalue weighted by Gasteiger charge is 2.20. The summed E-state index contributed by atoms with van der Waals surface area (Å²) in [7, 11) is 0. The number of carbonyl (C=O) groups is 1. The van der Waals surface area contributed by atoms with Gasteiger partial charge >= 0.3 is 0 Å². The minimum absolute atomic E-state index is 0.0388. The summed E-state index contributed by atoms with van der Waals surface area (Å²) in [5.41, 5.74) is 0. The molecule has 0 amide bonds. The average Bonchev–Trinajstić information content (AvgIpc) is 2.03. The fourth-order valence-corrected chi connectivity index (χ4v) is 1.63. The largest absolute Gasteiger partial charge is 0.300 e. The summed E-state index contributed by atoms with van der Waals surface area (Å²) in [5, 5.41) is 11.8. The highest BCUT2D eigenvalue weighted by molar-refractivity contribution is 5.76. The van der Waals surface area contributed by atoms with E-state index in [1.54, 1.807) is 6.92 Å². The van der Waals surface area contributed by atoms with Crippen molar-refractivity contribution >= 4 is 5.78 Å². The van der Waals surface area contributed by atoms with E-state index in [1.165, 1.54) is 0 Å². The molecule has 0 aliphatic carbocycles. The number of nitriles is 1. The van der Waals surface area contributed by atoms with Gasteiger partial charge in [-0.15, -0.1) is 0 Å². The van der Waals surface area contributed by atoms with Crippen LogP contribution in [0.5, 0.6) is 0 Å². The molecule has 3 heteroatoms. The molecule has 0 bridgehead atoms. The van der Waals surface area contributed by atoms with Crippen molar-refractivity contribution in [2.75, 3.05) is 0 Å². The second kappa shape index (κ2) is 4.22. The Balaban J connectivity index is 2.36. The standard InChI is InChI=1S/C9H14N2O/c1-7(12)5-8-3-2-4-9(6-10)11-8/h8-9,11H,2-5H2,1H3/t8-,9-/m1/s1. The lowest BCUT2D eigenvalue weighted by atomic mass is 9.96. The Hall–Kier alpha value is -0.880. The molecule has 1 aliphatic rings. The average molecular weight is 166 g/mol. The summed E-state index contributed by atoms with van der Waals surface area (Å²) in [6.45, 7) is 1.59. The van der Waals surface area contributed by atoms with E-state index >= 15 is 0 Å². The summed E-state index contributed by atoms with van der Waals surface area (Å²) in [4.78, 5) is 10.8. The molecule has 1 saturated heterocycles. The van der Waals surface area contributed by atoms with Crippen molar-refractivity contribution in [1.82, 2.24) is 5.32 Å². The number of hydrogen-bond acceptors (Lipinski definition) is 3. The van der Waals surface area contributed by atoms with Crippen LogP contribution in [0, 0.1) is 11.3 Å². The van der Waals surface area contributed by atoms with Crippen LogP contribution >= 0.6 is 0 Å². The molecule has 66 valence electrons. The molecule has 0 unspecified atom stereocenters. The first kappa shape index (κ1) is 9.21. The summed E-state index contributed by atoms with van der Waals surface area (Å²) in [6, 6.07) is 2.38. The molecule has 3 nitrogen and oxygen atoms in total. The monoisotopic (exact) mass is 166 g/mol. The number of hydrogen-bond donors (Lipinski definition) is 1. The minimum Gasteiger partial charge on any atom is -0.300 e. The summed E-state index contributed by atoms with van der Waals surface area (Å²) >= 11 is 0. The highest BCUT2D eigenvalue weighted by Crippen LogP contribution is 2.14. The maximum Gasteiger partial charge on any atom is 0.131 e. The predicted molar refractivity (Wildman–Crippen MR) is 45.5 cm³/mol. The Morgan fingerprint density at radius 2 is 2.42 bits per heavy atom. The van der Waals surface area contributed by atoms with Gasteiger partial charge in [-0.2, -0.15) is 5.26 Å². The van der Waals surface area contributed by atoms with Crippen LogP contribution in [0.2, 0.25) is 0 Å². The lowest BCUT2D eigenvalue weighted by Crippen LogP contribution is -2.42. The van der Waals surface area contributed by atoms with Gasteiger partial charge in [-0.3, -0.25) is 10.1 Å². The van der Waals surface area contributed by atoms with Crippen molar-refractivity contribution in [3.8, 4) is 6.07 Å². The number of Topliss-reactive ketones (excluding diaryl/α,β-unsaturated/α-hetero) is 1. The molecular weight excluding hydrogens is 152 g/mol. The predicted octanol–water partition coefficient (Wildman–Crippen LogP) is 1.000. The molecule has 0 radical (unpaired) electrons. The van der Waals surface area contributed by atoms with Gasteiger partial charge in [0, 0.05) is 12.5 Å². The third-order valence-corrected chi connectivity index (χ3v) is 2.17. The zero-order valence-corrected chi connectivity index (χ0v) is 7.34. The maximum absolute atomic E-state index is 10.8. The first-order valence-electron chi connectivity index (χ1n) is 4.37. The topological polar surface area (TPSA) is 52.9 Å². The number of nitrogens with one attached hydrogen (secondary N) is 1. The number of ketones is 1. The SMILES string of the molecule is CC(=O)C[C@H]1CCC[C@H](C#N)N1. The Bertz CT molecular complexity index is 207. The molecule has 0 aromatic heterocycles.